The predicted octanol–water partition coefficient (Wildman–Crippen LogP) is 3.05. The highest BCUT2D eigenvalue weighted by Gasteiger charge is 2.16. The van der Waals surface area contributed by atoms with E-state index in [1.54, 1.807) is 32.2 Å². The third kappa shape index (κ3) is 5.41. The van der Waals surface area contributed by atoms with Gasteiger partial charge >= 0.3 is 5.69 Å². The number of carbonyl (C=O) groups is 1. The lowest BCUT2D eigenvalue weighted by Crippen LogP contribution is -2.24. The van der Waals surface area contributed by atoms with Crippen LogP contribution in [0.4, 0.5) is 5.69 Å². The van der Waals surface area contributed by atoms with Crippen molar-refractivity contribution in [3.63, 3.8) is 0 Å². The van der Waals surface area contributed by atoms with Gasteiger partial charge in [-0.2, -0.15) is 5.10 Å². The van der Waals surface area contributed by atoms with Gasteiger partial charge in [0, 0.05) is 6.07 Å². The number of aryl methyl sites for hydroxylation is 1. The number of nitro groups is 1. The molecule has 0 spiro atoms. The summed E-state index contributed by atoms with van der Waals surface area (Å²) in [5, 5.41) is 14.9. The SMILES string of the molecule is COc1ccc(/C=N\NC(=O)COc2ccc(C)cc2[N+](=O)[O-])cc1I. The van der Waals surface area contributed by atoms with Crippen LogP contribution in [0, 0.1) is 20.6 Å². The summed E-state index contributed by atoms with van der Waals surface area (Å²) in [4.78, 5) is 22.2. The van der Waals surface area contributed by atoms with Crippen LogP contribution in [-0.4, -0.2) is 30.8 Å². The average Bonchev–Trinajstić information content (AvgIpc) is 2.60. The van der Waals surface area contributed by atoms with Gasteiger partial charge in [-0.05, 0) is 64.9 Å². The van der Waals surface area contributed by atoms with Crippen molar-refractivity contribution in [3.8, 4) is 11.5 Å². The van der Waals surface area contributed by atoms with E-state index in [1.807, 2.05) is 6.07 Å². The summed E-state index contributed by atoms with van der Waals surface area (Å²) in [6.07, 6.45) is 1.48. The molecule has 0 bridgehead atoms. The number of nitro benzene ring substituents is 1. The number of methoxy groups -OCH3 is 1. The van der Waals surface area contributed by atoms with Gasteiger partial charge in [0.1, 0.15) is 5.75 Å². The molecule has 0 aliphatic heterocycles. The fourth-order valence-electron chi connectivity index (χ4n) is 2.01. The van der Waals surface area contributed by atoms with Crippen LogP contribution in [-0.2, 0) is 4.79 Å². The maximum atomic E-state index is 11.8. The number of ether oxygens (including phenoxy) is 2. The normalized spacial score (nSPS) is 10.6. The average molecular weight is 469 g/mol. The summed E-state index contributed by atoms with van der Waals surface area (Å²) < 4.78 is 11.3. The minimum Gasteiger partial charge on any atom is -0.496 e. The summed E-state index contributed by atoms with van der Waals surface area (Å²) >= 11 is 2.13. The standard InChI is InChI=1S/C17H16IN3O5/c1-11-3-5-16(14(7-11)21(23)24)26-10-17(22)20-19-9-12-4-6-15(25-2)13(18)8-12/h3-9H,10H2,1-2H3,(H,20,22)/b19-9-. The van der Waals surface area contributed by atoms with Gasteiger partial charge in [0.05, 0.1) is 21.8 Å². The fourth-order valence-corrected chi connectivity index (χ4v) is 2.77. The first-order valence-electron chi connectivity index (χ1n) is 7.44. The number of benzene rings is 2. The molecule has 0 heterocycles. The molecule has 9 heteroatoms. The van der Waals surface area contributed by atoms with Crippen LogP contribution < -0.4 is 14.9 Å². The maximum absolute atomic E-state index is 11.8. The summed E-state index contributed by atoms with van der Waals surface area (Å²) in [6, 6.07) is 9.96. The molecule has 0 aliphatic rings. The van der Waals surface area contributed by atoms with Crippen molar-refractivity contribution in [1.82, 2.24) is 5.43 Å². The second-order valence-corrected chi connectivity index (χ2v) is 6.37. The molecule has 0 fully saturated rings. The lowest BCUT2D eigenvalue weighted by Gasteiger charge is -2.06. The summed E-state index contributed by atoms with van der Waals surface area (Å²) in [5.74, 6) is 0.253. The fraction of sp³-hybridized carbons (Fsp3) is 0.176. The molecule has 0 saturated carbocycles. The first-order valence-corrected chi connectivity index (χ1v) is 8.52. The molecule has 1 amide bonds. The second-order valence-electron chi connectivity index (χ2n) is 5.20. The smallest absolute Gasteiger partial charge is 0.311 e. The molecule has 2 rings (SSSR count). The molecule has 26 heavy (non-hydrogen) atoms. The van der Waals surface area contributed by atoms with Crippen LogP contribution in [0.3, 0.4) is 0 Å². The molecule has 0 aliphatic carbocycles. The maximum Gasteiger partial charge on any atom is 0.311 e. The Morgan fingerprint density at radius 3 is 2.69 bits per heavy atom. The Kier molecular flexibility index (Phi) is 6.89. The first-order chi connectivity index (χ1) is 12.4. The number of rotatable bonds is 7. The number of hydrogen-bond donors (Lipinski definition) is 1. The van der Waals surface area contributed by atoms with Gasteiger partial charge in [0.15, 0.2) is 12.4 Å². The van der Waals surface area contributed by atoms with E-state index in [2.05, 4.69) is 33.1 Å². The summed E-state index contributed by atoms with van der Waals surface area (Å²) in [5.41, 5.74) is 3.64. The number of amides is 1. The molecular weight excluding hydrogens is 453 g/mol. The van der Waals surface area contributed by atoms with Crippen LogP contribution >= 0.6 is 22.6 Å². The van der Waals surface area contributed by atoms with Crippen LogP contribution in [0.15, 0.2) is 41.5 Å². The van der Waals surface area contributed by atoms with E-state index in [1.165, 1.54) is 18.3 Å². The Labute approximate surface area is 163 Å². The van der Waals surface area contributed by atoms with Gasteiger partial charge in [-0.15, -0.1) is 0 Å². The lowest BCUT2D eigenvalue weighted by molar-refractivity contribution is -0.385. The zero-order valence-electron chi connectivity index (χ0n) is 14.1. The number of halogens is 1. The molecule has 2 aromatic rings. The van der Waals surface area contributed by atoms with Crippen molar-refractivity contribution in [2.45, 2.75) is 6.92 Å². The van der Waals surface area contributed by atoms with Gasteiger partial charge in [-0.25, -0.2) is 5.43 Å². The molecule has 136 valence electrons. The Hall–Kier alpha value is -2.69. The van der Waals surface area contributed by atoms with Gasteiger partial charge in [-0.1, -0.05) is 6.07 Å². The number of nitrogens with one attached hydrogen (secondary N) is 1. The Bertz CT molecular complexity index is 854. The summed E-state index contributed by atoms with van der Waals surface area (Å²) in [6.45, 7) is 1.35. The Morgan fingerprint density at radius 1 is 1.31 bits per heavy atom. The zero-order chi connectivity index (χ0) is 19.1. The minimum atomic E-state index is -0.552. The van der Waals surface area contributed by atoms with Crippen molar-refractivity contribution in [1.29, 1.82) is 0 Å². The van der Waals surface area contributed by atoms with Crippen molar-refractivity contribution in [2.24, 2.45) is 5.10 Å². The van der Waals surface area contributed by atoms with Gasteiger partial charge in [-0.3, -0.25) is 14.9 Å². The monoisotopic (exact) mass is 469 g/mol. The number of carbonyl (C=O) groups excluding carboxylic acids is 1. The zero-order valence-corrected chi connectivity index (χ0v) is 16.2. The number of hydrogen-bond acceptors (Lipinski definition) is 6. The number of hydrazone groups is 1. The van der Waals surface area contributed by atoms with Gasteiger partial charge in [0.25, 0.3) is 5.91 Å². The first kappa shape index (κ1) is 19.6. The quantitative estimate of drug-likeness (QED) is 0.291. The topological polar surface area (TPSA) is 103 Å². The van der Waals surface area contributed by atoms with E-state index in [0.29, 0.717) is 0 Å². The van der Waals surface area contributed by atoms with Crippen molar-refractivity contribution >= 4 is 40.4 Å². The van der Waals surface area contributed by atoms with E-state index in [9.17, 15) is 14.9 Å². The summed E-state index contributed by atoms with van der Waals surface area (Å²) in [7, 11) is 1.59. The molecule has 1 N–H and O–H groups in total. The molecule has 0 atom stereocenters. The largest absolute Gasteiger partial charge is 0.496 e. The highest BCUT2D eigenvalue weighted by Crippen LogP contribution is 2.27. The third-order valence-corrected chi connectivity index (χ3v) is 4.09. The van der Waals surface area contributed by atoms with Crippen molar-refractivity contribution < 1.29 is 19.2 Å². The number of nitrogens with zero attached hydrogens (tertiary/aromatic N) is 2. The van der Waals surface area contributed by atoms with Crippen molar-refractivity contribution in [2.75, 3.05) is 13.7 Å². The molecule has 0 unspecified atom stereocenters. The van der Waals surface area contributed by atoms with Gasteiger partial charge < -0.3 is 9.47 Å². The second kappa shape index (κ2) is 9.13. The van der Waals surface area contributed by atoms with E-state index in [0.717, 1.165) is 20.4 Å². The van der Waals surface area contributed by atoms with Crippen molar-refractivity contribution in [3.05, 3.63) is 61.2 Å². The Morgan fingerprint density at radius 2 is 2.04 bits per heavy atom. The molecular formula is C17H16IN3O5. The molecule has 8 nitrogen and oxygen atoms in total. The molecule has 2 aromatic carbocycles. The van der Waals surface area contributed by atoms with E-state index in [-0.39, 0.29) is 18.0 Å². The predicted molar refractivity (Wildman–Crippen MR) is 105 cm³/mol. The van der Waals surface area contributed by atoms with Crippen LogP contribution in [0.1, 0.15) is 11.1 Å². The highest BCUT2D eigenvalue weighted by atomic mass is 127. The minimum absolute atomic E-state index is 0.0319. The lowest BCUT2D eigenvalue weighted by atomic mass is 10.2. The van der Waals surface area contributed by atoms with Crippen LogP contribution in [0.5, 0.6) is 11.5 Å². The molecule has 0 saturated heterocycles. The molecule has 0 radical (unpaired) electrons. The van der Waals surface area contributed by atoms with Crippen LogP contribution in [0.25, 0.3) is 0 Å². The van der Waals surface area contributed by atoms with E-state index >= 15 is 0 Å². The highest BCUT2D eigenvalue weighted by molar-refractivity contribution is 14.1. The van der Waals surface area contributed by atoms with Crippen LogP contribution in [0.2, 0.25) is 0 Å². The van der Waals surface area contributed by atoms with E-state index < -0.39 is 10.8 Å². The third-order valence-electron chi connectivity index (χ3n) is 3.25. The molecule has 0 aromatic heterocycles. The Balaban J connectivity index is 1.91. The van der Waals surface area contributed by atoms with E-state index in [4.69, 9.17) is 9.47 Å². The van der Waals surface area contributed by atoms with Gasteiger partial charge in [0.2, 0.25) is 0 Å².